The molecule has 0 unspecified atom stereocenters. The molecule has 4 N–H and O–H groups in total. The molecule has 2 rings (SSSR count). The first-order valence-corrected chi connectivity index (χ1v) is 7.19. The highest BCUT2D eigenvalue weighted by Gasteiger charge is 2.18. The number of hydrogen-bond acceptors (Lipinski definition) is 6. The van der Waals surface area contributed by atoms with Crippen LogP contribution in [-0.2, 0) is 9.53 Å². The number of nitrogens with one attached hydrogen (secondary N) is 1. The summed E-state index contributed by atoms with van der Waals surface area (Å²) in [5, 5.41) is 30.7. The van der Waals surface area contributed by atoms with Crippen LogP contribution < -0.4 is 5.32 Å². The normalized spacial score (nSPS) is 15.3. The SMILES string of the molecule is O=C(COC(=O)c1cc(O)c(O)c(O)c1)NC1CCCCC1. The van der Waals surface area contributed by atoms with E-state index in [2.05, 4.69) is 5.32 Å². The molecule has 1 aromatic carbocycles. The van der Waals surface area contributed by atoms with Gasteiger partial charge in [-0.1, -0.05) is 19.3 Å². The molecule has 1 aliphatic rings. The van der Waals surface area contributed by atoms with Gasteiger partial charge in [0.1, 0.15) is 0 Å². The van der Waals surface area contributed by atoms with Gasteiger partial charge in [0.15, 0.2) is 23.9 Å². The smallest absolute Gasteiger partial charge is 0.338 e. The highest BCUT2D eigenvalue weighted by atomic mass is 16.5. The summed E-state index contributed by atoms with van der Waals surface area (Å²) in [5.41, 5.74) is -0.154. The van der Waals surface area contributed by atoms with E-state index < -0.39 is 29.8 Å². The molecule has 1 saturated carbocycles. The molecule has 0 radical (unpaired) electrons. The van der Waals surface area contributed by atoms with Gasteiger partial charge in [0.2, 0.25) is 0 Å². The first kappa shape index (κ1) is 15.9. The van der Waals surface area contributed by atoms with E-state index in [0.29, 0.717) is 0 Å². The van der Waals surface area contributed by atoms with Gasteiger partial charge in [-0.3, -0.25) is 4.79 Å². The van der Waals surface area contributed by atoms with Crippen LogP contribution in [0.3, 0.4) is 0 Å². The third kappa shape index (κ3) is 4.03. The van der Waals surface area contributed by atoms with Gasteiger partial charge in [-0.25, -0.2) is 4.79 Å². The average molecular weight is 309 g/mol. The lowest BCUT2D eigenvalue weighted by atomic mass is 9.95. The Morgan fingerprint density at radius 3 is 2.27 bits per heavy atom. The minimum atomic E-state index is -0.871. The Hall–Kier alpha value is -2.44. The van der Waals surface area contributed by atoms with Crippen molar-refractivity contribution in [2.75, 3.05) is 6.61 Å². The Labute approximate surface area is 127 Å². The number of carbonyl (C=O) groups excluding carboxylic acids is 2. The van der Waals surface area contributed by atoms with Crippen LogP contribution >= 0.6 is 0 Å². The molecule has 0 aromatic heterocycles. The van der Waals surface area contributed by atoms with Gasteiger partial charge in [0, 0.05) is 6.04 Å². The summed E-state index contributed by atoms with van der Waals surface area (Å²) in [6.45, 7) is -0.433. The number of hydrogen-bond donors (Lipinski definition) is 4. The largest absolute Gasteiger partial charge is 0.504 e. The molecule has 0 spiro atoms. The van der Waals surface area contributed by atoms with Crippen molar-refractivity contribution in [2.45, 2.75) is 38.1 Å². The van der Waals surface area contributed by atoms with Gasteiger partial charge in [0.05, 0.1) is 5.56 Å². The van der Waals surface area contributed by atoms with Crippen molar-refractivity contribution < 1.29 is 29.6 Å². The van der Waals surface area contributed by atoms with Gasteiger partial charge >= 0.3 is 5.97 Å². The third-order valence-corrected chi connectivity index (χ3v) is 3.61. The van der Waals surface area contributed by atoms with Crippen LogP contribution in [0, 0.1) is 0 Å². The number of carbonyl (C=O) groups is 2. The van der Waals surface area contributed by atoms with E-state index in [-0.39, 0.29) is 17.5 Å². The predicted molar refractivity (Wildman–Crippen MR) is 76.7 cm³/mol. The molecule has 1 aliphatic carbocycles. The molecule has 0 saturated heterocycles. The fourth-order valence-corrected chi connectivity index (χ4v) is 2.45. The number of benzene rings is 1. The molecule has 1 fully saturated rings. The van der Waals surface area contributed by atoms with E-state index in [1.54, 1.807) is 0 Å². The Kier molecular flexibility index (Phi) is 5.08. The molecule has 7 heteroatoms. The minimum Gasteiger partial charge on any atom is -0.504 e. The molecule has 1 aromatic rings. The fraction of sp³-hybridized carbons (Fsp3) is 0.467. The van der Waals surface area contributed by atoms with Gasteiger partial charge in [-0.15, -0.1) is 0 Å². The average Bonchev–Trinajstić information content (AvgIpc) is 2.50. The van der Waals surface area contributed by atoms with Crippen molar-refractivity contribution in [3.63, 3.8) is 0 Å². The second kappa shape index (κ2) is 7.02. The van der Waals surface area contributed by atoms with Crippen LogP contribution in [0.5, 0.6) is 17.2 Å². The molecule has 0 bridgehead atoms. The Morgan fingerprint density at radius 1 is 1.09 bits per heavy atom. The minimum absolute atomic E-state index is 0.127. The lowest BCUT2D eigenvalue weighted by Crippen LogP contribution is -2.38. The number of ether oxygens (including phenoxy) is 1. The summed E-state index contributed by atoms with van der Waals surface area (Å²) >= 11 is 0. The maximum absolute atomic E-state index is 11.8. The summed E-state index contributed by atoms with van der Waals surface area (Å²) in [7, 11) is 0. The number of amides is 1. The highest BCUT2D eigenvalue weighted by Crippen LogP contribution is 2.35. The van der Waals surface area contributed by atoms with Crippen molar-refractivity contribution in [1.29, 1.82) is 0 Å². The molecule has 120 valence electrons. The summed E-state index contributed by atoms with van der Waals surface area (Å²) in [6.07, 6.45) is 5.20. The zero-order chi connectivity index (χ0) is 16.1. The molecule has 0 atom stereocenters. The predicted octanol–water partition coefficient (Wildman–Crippen LogP) is 1.41. The summed E-state index contributed by atoms with van der Waals surface area (Å²) in [6, 6.07) is 2.04. The first-order valence-electron chi connectivity index (χ1n) is 7.19. The monoisotopic (exact) mass is 309 g/mol. The van der Waals surface area contributed by atoms with E-state index in [0.717, 1.165) is 37.8 Å². The summed E-state index contributed by atoms with van der Waals surface area (Å²) in [4.78, 5) is 23.5. The second-order valence-corrected chi connectivity index (χ2v) is 5.34. The van der Waals surface area contributed by atoms with E-state index in [4.69, 9.17) is 4.74 Å². The van der Waals surface area contributed by atoms with Crippen molar-refractivity contribution in [3.8, 4) is 17.2 Å². The number of esters is 1. The fourth-order valence-electron chi connectivity index (χ4n) is 2.45. The quantitative estimate of drug-likeness (QED) is 0.493. The number of phenolic OH excluding ortho intramolecular Hbond substituents is 3. The van der Waals surface area contributed by atoms with Crippen LogP contribution in [0.15, 0.2) is 12.1 Å². The van der Waals surface area contributed by atoms with E-state index in [1.165, 1.54) is 6.42 Å². The van der Waals surface area contributed by atoms with Gasteiger partial charge in [0.25, 0.3) is 5.91 Å². The number of rotatable bonds is 4. The van der Waals surface area contributed by atoms with E-state index in [1.807, 2.05) is 0 Å². The Balaban J connectivity index is 1.85. The maximum atomic E-state index is 11.8. The van der Waals surface area contributed by atoms with Crippen LogP contribution in [0.4, 0.5) is 0 Å². The van der Waals surface area contributed by atoms with E-state index in [9.17, 15) is 24.9 Å². The van der Waals surface area contributed by atoms with Gasteiger partial charge in [-0.2, -0.15) is 0 Å². The third-order valence-electron chi connectivity index (χ3n) is 3.61. The lowest BCUT2D eigenvalue weighted by Gasteiger charge is -2.22. The standard InChI is InChI=1S/C15H19NO6/c17-11-6-9(7-12(18)14(11)20)15(21)22-8-13(19)16-10-4-2-1-3-5-10/h6-7,10,17-18,20H,1-5,8H2,(H,16,19). The molecule has 0 aliphatic heterocycles. The number of aromatic hydroxyl groups is 3. The molecule has 22 heavy (non-hydrogen) atoms. The van der Waals surface area contributed by atoms with E-state index >= 15 is 0 Å². The topological polar surface area (TPSA) is 116 Å². The van der Waals surface area contributed by atoms with Crippen molar-refractivity contribution >= 4 is 11.9 Å². The highest BCUT2D eigenvalue weighted by molar-refractivity contribution is 5.92. The second-order valence-electron chi connectivity index (χ2n) is 5.34. The molecule has 0 heterocycles. The molecular formula is C15H19NO6. The van der Waals surface area contributed by atoms with Crippen LogP contribution in [0.25, 0.3) is 0 Å². The van der Waals surface area contributed by atoms with Crippen LogP contribution in [0.2, 0.25) is 0 Å². The maximum Gasteiger partial charge on any atom is 0.338 e. The van der Waals surface area contributed by atoms with Crippen molar-refractivity contribution in [1.82, 2.24) is 5.32 Å². The van der Waals surface area contributed by atoms with Crippen LogP contribution in [-0.4, -0.2) is 39.8 Å². The van der Waals surface area contributed by atoms with Crippen molar-refractivity contribution in [3.05, 3.63) is 17.7 Å². The van der Waals surface area contributed by atoms with Crippen LogP contribution in [0.1, 0.15) is 42.5 Å². The zero-order valence-electron chi connectivity index (χ0n) is 12.0. The molecule has 1 amide bonds. The lowest BCUT2D eigenvalue weighted by molar-refractivity contribution is -0.125. The summed E-state index contributed by atoms with van der Waals surface area (Å²) in [5.74, 6) is -3.25. The van der Waals surface area contributed by atoms with Gasteiger partial charge < -0.3 is 25.4 Å². The summed E-state index contributed by atoms with van der Waals surface area (Å²) < 4.78 is 4.83. The molecular weight excluding hydrogens is 290 g/mol. The van der Waals surface area contributed by atoms with Crippen molar-refractivity contribution in [2.24, 2.45) is 0 Å². The van der Waals surface area contributed by atoms with Gasteiger partial charge in [-0.05, 0) is 25.0 Å². The number of phenols is 3. The molecule has 7 nitrogen and oxygen atoms in total. The zero-order valence-corrected chi connectivity index (χ0v) is 12.0. The Bertz CT molecular complexity index is 542. The first-order chi connectivity index (χ1) is 10.5. The Morgan fingerprint density at radius 2 is 1.68 bits per heavy atom.